The number of H-pyrrole nitrogens is 1. The Morgan fingerprint density at radius 1 is 1.47 bits per heavy atom. The first kappa shape index (κ1) is 14.0. The lowest BCUT2D eigenvalue weighted by Crippen LogP contribution is -2.16. The van der Waals surface area contributed by atoms with Crippen molar-refractivity contribution < 1.29 is 9.13 Å². The van der Waals surface area contributed by atoms with Gasteiger partial charge in [-0.1, -0.05) is 6.92 Å². The van der Waals surface area contributed by atoms with Crippen LogP contribution in [0.5, 0.6) is 5.75 Å². The third-order valence-electron chi connectivity index (χ3n) is 2.69. The summed E-state index contributed by atoms with van der Waals surface area (Å²) in [7, 11) is 1.40. The van der Waals surface area contributed by atoms with E-state index in [1.165, 1.54) is 19.2 Å². The van der Waals surface area contributed by atoms with Crippen molar-refractivity contribution in [1.29, 1.82) is 0 Å². The van der Waals surface area contributed by atoms with E-state index in [4.69, 9.17) is 4.74 Å². The summed E-state index contributed by atoms with van der Waals surface area (Å²) in [5, 5.41) is 0. The maximum absolute atomic E-state index is 13.7. The topological polar surface area (TPSA) is 55.0 Å². The van der Waals surface area contributed by atoms with Crippen LogP contribution in [0.4, 0.5) is 4.39 Å². The average Bonchev–Trinajstić information content (AvgIpc) is 2.41. The van der Waals surface area contributed by atoms with Crippen LogP contribution in [0.2, 0.25) is 0 Å². The van der Waals surface area contributed by atoms with Crippen molar-refractivity contribution in [2.75, 3.05) is 7.11 Å². The molecule has 0 aliphatic heterocycles. The fourth-order valence-electron chi connectivity index (χ4n) is 1.69. The largest absolute Gasteiger partial charge is 0.494 e. The minimum absolute atomic E-state index is 0.160. The summed E-state index contributed by atoms with van der Waals surface area (Å²) in [6, 6.07) is 4.46. The maximum Gasteiger partial charge on any atom is 0.264 e. The van der Waals surface area contributed by atoms with Gasteiger partial charge in [-0.25, -0.2) is 9.37 Å². The van der Waals surface area contributed by atoms with Gasteiger partial charge in [-0.2, -0.15) is 0 Å². The summed E-state index contributed by atoms with van der Waals surface area (Å²) in [6.45, 7) is 1.92. The Morgan fingerprint density at radius 2 is 2.21 bits per heavy atom. The summed E-state index contributed by atoms with van der Waals surface area (Å²) in [5.41, 5.74) is 1.01. The first-order valence-corrected chi connectivity index (χ1v) is 6.77. The Balaban J connectivity index is 2.56. The number of nitrogens with one attached hydrogen (secondary N) is 1. The van der Waals surface area contributed by atoms with E-state index in [0.717, 1.165) is 0 Å². The third-order valence-corrected chi connectivity index (χ3v) is 3.80. The van der Waals surface area contributed by atoms with Gasteiger partial charge in [0.1, 0.15) is 5.82 Å². The number of hydrogen-bond donors (Lipinski definition) is 1. The molecule has 1 N–H and O–H groups in total. The van der Waals surface area contributed by atoms with Gasteiger partial charge in [-0.15, -0.1) is 0 Å². The highest BCUT2D eigenvalue weighted by Gasteiger charge is 2.11. The number of rotatable bonds is 3. The third kappa shape index (κ3) is 2.78. The smallest absolute Gasteiger partial charge is 0.264 e. The van der Waals surface area contributed by atoms with Crippen LogP contribution in [0.1, 0.15) is 12.6 Å². The monoisotopic (exact) mass is 374 g/mol. The van der Waals surface area contributed by atoms with E-state index in [1.54, 1.807) is 6.07 Å². The predicted molar refractivity (Wildman–Crippen MR) is 78.9 cm³/mol. The summed E-state index contributed by atoms with van der Waals surface area (Å²) < 4.78 is 19.1. The molecule has 6 heteroatoms. The molecule has 100 valence electrons. The zero-order chi connectivity index (χ0) is 14.0. The summed E-state index contributed by atoms with van der Waals surface area (Å²) in [6.07, 6.45) is 0.647. The number of halogens is 2. The van der Waals surface area contributed by atoms with Gasteiger partial charge in [-0.05, 0) is 47.2 Å². The quantitative estimate of drug-likeness (QED) is 0.841. The van der Waals surface area contributed by atoms with Crippen LogP contribution >= 0.6 is 22.6 Å². The highest BCUT2D eigenvalue weighted by Crippen LogP contribution is 2.23. The average molecular weight is 374 g/mol. The van der Waals surface area contributed by atoms with Crippen molar-refractivity contribution in [2.45, 2.75) is 13.3 Å². The highest BCUT2D eigenvalue weighted by molar-refractivity contribution is 14.1. The van der Waals surface area contributed by atoms with Gasteiger partial charge in [0.05, 0.1) is 16.4 Å². The van der Waals surface area contributed by atoms with Crippen LogP contribution in [-0.2, 0) is 6.42 Å². The minimum atomic E-state index is -0.487. The molecule has 1 aromatic heterocycles. The number of aromatic amines is 1. The van der Waals surface area contributed by atoms with Crippen LogP contribution in [0.3, 0.4) is 0 Å². The minimum Gasteiger partial charge on any atom is -0.494 e. The molecule has 0 atom stereocenters. The number of methoxy groups -OCH3 is 1. The standard InChI is InChI=1S/C13H12FIN2O2/c1-3-9-11(15)13(18)17-12(16-9)7-4-5-10(19-2)8(14)6-7/h4-6H,3H2,1-2H3,(H,16,17,18). The van der Waals surface area contributed by atoms with Crippen LogP contribution in [0.15, 0.2) is 23.0 Å². The van der Waals surface area contributed by atoms with Gasteiger partial charge in [-0.3, -0.25) is 4.79 Å². The van der Waals surface area contributed by atoms with Gasteiger partial charge in [0.15, 0.2) is 11.6 Å². The Kier molecular flexibility index (Phi) is 4.18. The van der Waals surface area contributed by atoms with Crippen LogP contribution in [-0.4, -0.2) is 17.1 Å². The molecule has 1 aromatic carbocycles. The van der Waals surface area contributed by atoms with E-state index in [-0.39, 0.29) is 11.3 Å². The normalized spacial score (nSPS) is 10.5. The number of nitrogens with zero attached hydrogens (tertiary/aromatic N) is 1. The van der Waals surface area contributed by atoms with Gasteiger partial charge >= 0.3 is 0 Å². The maximum atomic E-state index is 13.7. The van der Waals surface area contributed by atoms with Crippen molar-refractivity contribution in [3.8, 4) is 17.1 Å². The molecule has 0 fully saturated rings. The van der Waals surface area contributed by atoms with E-state index in [9.17, 15) is 9.18 Å². The fraction of sp³-hybridized carbons (Fsp3) is 0.231. The number of benzene rings is 1. The molecule has 0 saturated heterocycles. The van der Waals surface area contributed by atoms with Crippen LogP contribution in [0, 0.1) is 9.39 Å². The molecule has 19 heavy (non-hydrogen) atoms. The van der Waals surface area contributed by atoms with E-state index in [2.05, 4.69) is 9.97 Å². The molecule has 2 rings (SSSR count). The van der Waals surface area contributed by atoms with Crippen molar-refractivity contribution >= 4 is 22.6 Å². The molecule has 0 bridgehead atoms. The number of aryl methyl sites for hydroxylation is 1. The molecule has 0 aliphatic carbocycles. The van der Waals surface area contributed by atoms with Crippen LogP contribution < -0.4 is 10.3 Å². The van der Waals surface area contributed by atoms with Gasteiger partial charge < -0.3 is 9.72 Å². The Bertz CT molecular complexity index is 670. The first-order valence-electron chi connectivity index (χ1n) is 5.69. The predicted octanol–water partition coefficient (Wildman–Crippen LogP) is 2.75. The summed E-state index contributed by atoms with van der Waals surface area (Å²) >= 11 is 1.96. The summed E-state index contributed by atoms with van der Waals surface area (Å²) in [5.74, 6) is 0.0374. The second kappa shape index (κ2) is 5.68. The molecular formula is C13H12FIN2O2. The molecular weight excluding hydrogens is 362 g/mol. The molecule has 2 aromatic rings. The van der Waals surface area contributed by atoms with E-state index in [0.29, 0.717) is 27.1 Å². The molecule has 1 heterocycles. The van der Waals surface area contributed by atoms with Crippen LogP contribution in [0.25, 0.3) is 11.4 Å². The number of aromatic nitrogens is 2. The van der Waals surface area contributed by atoms with E-state index in [1.807, 2.05) is 29.5 Å². The second-order valence-electron chi connectivity index (χ2n) is 3.88. The van der Waals surface area contributed by atoms with E-state index >= 15 is 0 Å². The molecule has 0 amide bonds. The SMILES string of the molecule is CCc1nc(-c2ccc(OC)c(F)c2)[nH]c(=O)c1I. The molecule has 0 spiro atoms. The lowest BCUT2D eigenvalue weighted by Gasteiger charge is -2.07. The fourth-order valence-corrected chi connectivity index (χ4v) is 2.33. The molecule has 0 saturated carbocycles. The first-order chi connectivity index (χ1) is 9.06. The number of ether oxygens (including phenoxy) is 1. The Labute approximate surface area is 123 Å². The summed E-state index contributed by atoms with van der Waals surface area (Å²) in [4.78, 5) is 18.8. The van der Waals surface area contributed by atoms with Gasteiger partial charge in [0, 0.05) is 5.56 Å². The van der Waals surface area contributed by atoms with Crippen molar-refractivity contribution in [2.24, 2.45) is 0 Å². The highest BCUT2D eigenvalue weighted by atomic mass is 127. The lowest BCUT2D eigenvalue weighted by molar-refractivity contribution is 0.386. The lowest BCUT2D eigenvalue weighted by atomic mass is 10.2. The zero-order valence-electron chi connectivity index (χ0n) is 10.5. The molecule has 0 radical (unpaired) electrons. The number of hydrogen-bond acceptors (Lipinski definition) is 3. The van der Waals surface area contributed by atoms with Crippen molar-refractivity contribution in [1.82, 2.24) is 9.97 Å². The molecule has 4 nitrogen and oxygen atoms in total. The Morgan fingerprint density at radius 3 is 2.79 bits per heavy atom. The second-order valence-corrected chi connectivity index (χ2v) is 4.96. The van der Waals surface area contributed by atoms with Gasteiger partial charge in [0.25, 0.3) is 5.56 Å². The van der Waals surface area contributed by atoms with Gasteiger partial charge in [0.2, 0.25) is 0 Å². The van der Waals surface area contributed by atoms with Crippen molar-refractivity contribution in [3.05, 3.63) is 43.6 Å². The Hall–Kier alpha value is -1.44. The zero-order valence-corrected chi connectivity index (χ0v) is 12.6. The molecule has 0 unspecified atom stereocenters. The van der Waals surface area contributed by atoms with E-state index < -0.39 is 5.82 Å². The van der Waals surface area contributed by atoms with Crippen molar-refractivity contribution in [3.63, 3.8) is 0 Å². The molecule has 0 aliphatic rings.